The molecule has 3 aromatic rings. The largest absolute Gasteiger partial charge is 0.493 e. The van der Waals surface area contributed by atoms with E-state index in [-0.39, 0.29) is 16.9 Å². The smallest absolute Gasteiger partial charge is 0.460 e. The van der Waals surface area contributed by atoms with Crippen molar-refractivity contribution in [3.63, 3.8) is 0 Å². The van der Waals surface area contributed by atoms with E-state index in [1.165, 1.54) is 12.1 Å². The molecule has 252 valence electrons. The van der Waals surface area contributed by atoms with Gasteiger partial charge in [0.25, 0.3) is 0 Å². The highest BCUT2D eigenvalue weighted by molar-refractivity contribution is 5.78. The summed E-state index contributed by atoms with van der Waals surface area (Å²) >= 11 is 0. The molecule has 3 rings (SSSR count). The van der Waals surface area contributed by atoms with Crippen molar-refractivity contribution < 1.29 is 53.8 Å². The van der Waals surface area contributed by atoms with Crippen molar-refractivity contribution in [1.82, 2.24) is 4.98 Å². The van der Waals surface area contributed by atoms with Crippen LogP contribution in [0.25, 0.3) is 0 Å². The number of benzene rings is 2. The molecule has 0 aliphatic carbocycles. The number of hydrogen-bond donors (Lipinski definition) is 0. The molecule has 4 nitrogen and oxygen atoms in total. The molecule has 1 atom stereocenters. The van der Waals surface area contributed by atoms with E-state index in [4.69, 9.17) is 9.47 Å². The molecule has 1 aromatic heterocycles. The second-order valence-electron chi connectivity index (χ2n) is 12.1. The zero-order chi connectivity index (χ0) is 34.8. The standard InChI is InChI=1S/C33H34F9NO3/c1-21-7-8-22(2)26(19-21)45-18-6-15-28(3,4)27(44)46-25-11-9-23(10-12-25)29(5,24-13-16-43-17-14-24)20-30(34,35)31(36,37)32(38,39)33(40,41)42/h7-14,16-17,19H,6,15,18,20H2,1-5H3. The minimum absolute atomic E-state index is 0.0359. The lowest BCUT2D eigenvalue weighted by atomic mass is 9.71. The highest BCUT2D eigenvalue weighted by Crippen LogP contribution is 2.56. The van der Waals surface area contributed by atoms with Crippen molar-refractivity contribution in [2.45, 2.75) is 83.2 Å². The van der Waals surface area contributed by atoms with Gasteiger partial charge in [0, 0.05) is 24.2 Å². The van der Waals surface area contributed by atoms with Gasteiger partial charge < -0.3 is 9.47 Å². The summed E-state index contributed by atoms with van der Waals surface area (Å²) in [6.07, 6.45) is -5.93. The third-order valence-electron chi connectivity index (χ3n) is 7.90. The number of pyridine rings is 1. The summed E-state index contributed by atoms with van der Waals surface area (Å²) in [6.45, 7) is 8.49. The van der Waals surface area contributed by atoms with Crippen LogP contribution in [0.3, 0.4) is 0 Å². The molecule has 0 amide bonds. The van der Waals surface area contributed by atoms with Crippen LogP contribution in [0.5, 0.6) is 11.5 Å². The highest BCUT2D eigenvalue weighted by Gasteiger charge is 2.82. The van der Waals surface area contributed by atoms with Crippen LogP contribution in [0.1, 0.15) is 62.3 Å². The molecule has 0 spiro atoms. The van der Waals surface area contributed by atoms with Gasteiger partial charge in [-0.25, -0.2) is 0 Å². The van der Waals surface area contributed by atoms with Crippen LogP contribution in [0.4, 0.5) is 39.5 Å². The van der Waals surface area contributed by atoms with Crippen molar-refractivity contribution in [2.24, 2.45) is 5.41 Å². The number of halogens is 9. The van der Waals surface area contributed by atoms with Gasteiger partial charge in [-0.1, -0.05) is 31.2 Å². The summed E-state index contributed by atoms with van der Waals surface area (Å²) in [4.78, 5) is 16.7. The molecule has 1 heterocycles. The number of rotatable bonds is 13. The Kier molecular flexibility index (Phi) is 10.5. The Bertz CT molecular complexity index is 1490. The zero-order valence-electron chi connectivity index (χ0n) is 25.8. The van der Waals surface area contributed by atoms with E-state index < -0.39 is 47.2 Å². The minimum atomic E-state index is -7.01. The maximum Gasteiger partial charge on any atom is 0.460 e. The average molecular weight is 664 g/mol. The van der Waals surface area contributed by atoms with Gasteiger partial charge in [-0.3, -0.25) is 9.78 Å². The lowest BCUT2D eigenvalue weighted by Crippen LogP contribution is -2.62. The van der Waals surface area contributed by atoms with E-state index in [1.54, 1.807) is 13.8 Å². The zero-order valence-corrected chi connectivity index (χ0v) is 25.8. The van der Waals surface area contributed by atoms with Gasteiger partial charge in [0.1, 0.15) is 11.5 Å². The number of nitrogens with zero attached hydrogens (tertiary/aromatic N) is 1. The maximum absolute atomic E-state index is 14.9. The van der Waals surface area contributed by atoms with Crippen molar-refractivity contribution in [2.75, 3.05) is 6.61 Å². The van der Waals surface area contributed by atoms with E-state index in [0.717, 1.165) is 60.5 Å². The average Bonchev–Trinajstić information content (AvgIpc) is 2.96. The Labute approximate surface area is 260 Å². The number of carbonyl (C=O) groups excluding carboxylic acids is 1. The summed E-state index contributed by atoms with van der Waals surface area (Å²) in [6, 6.07) is 12.8. The maximum atomic E-state index is 14.9. The summed E-state index contributed by atoms with van der Waals surface area (Å²) < 4.78 is 135. The van der Waals surface area contributed by atoms with Gasteiger partial charge in [-0.15, -0.1) is 0 Å². The van der Waals surface area contributed by atoms with E-state index in [2.05, 4.69) is 4.98 Å². The van der Waals surface area contributed by atoms with E-state index in [9.17, 15) is 44.3 Å². The molecule has 46 heavy (non-hydrogen) atoms. The second-order valence-corrected chi connectivity index (χ2v) is 12.1. The monoisotopic (exact) mass is 663 g/mol. The van der Waals surface area contributed by atoms with Gasteiger partial charge in [-0.05, 0) is 93.1 Å². The number of ether oxygens (including phenoxy) is 2. The topological polar surface area (TPSA) is 48.4 Å². The molecule has 0 aliphatic rings. The minimum Gasteiger partial charge on any atom is -0.493 e. The van der Waals surface area contributed by atoms with Gasteiger partial charge in [0.2, 0.25) is 0 Å². The van der Waals surface area contributed by atoms with Gasteiger partial charge in [0.05, 0.1) is 12.0 Å². The van der Waals surface area contributed by atoms with Crippen LogP contribution in [-0.4, -0.2) is 41.5 Å². The SMILES string of the molecule is Cc1ccc(C)c(OCCCC(C)(C)C(=O)Oc2ccc(C(C)(CC(F)(F)C(F)(F)C(F)(F)C(F)(F)F)c3ccncc3)cc2)c1. The predicted molar refractivity (Wildman–Crippen MR) is 153 cm³/mol. The van der Waals surface area contributed by atoms with Crippen LogP contribution < -0.4 is 9.47 Å². The first-order valence-electron chi connectivity index (χ1n) is 14.2. The molecule has 2 aromatic carbocycles. The molecule has 1 unspecified atom stereocenters. The second kappa shape index (κ2) is 13.2. The van der Waals surface area contributed by atoms with E-state index in [1.807, 2.05) is 32.0 Å². The first-order chi connectivity index (χ1) is 21.0. The fourth-order valence-corrected chi connectivity index (χ4v) is 4.85. The highest BCUT2D eigenvalue weighted by atomic mass is 19.4. The van der Waals surface area contributed by atoms with Crippen molar-refractivity contribution in [1.29, 1.82) is 0 Å². The van der Waals surface area contributed by atoms with Crippen LogP contribution in [0.2, 0.25) is 0 Å². The summed E-state index contributed by atoms with van der Waals surface area (Å²) in [5, 5.41) is 0. The Balaban J connectivity index is 1.78. The molecule has 0 radical (unpaired) electrons. The molecule has 0 saturated carbocycles. The number of aryl methyl sites for hydroxylation is 2. The molecular weight excluding hydrogens is 629 g/mol. The molecule has 0 aliphatic heterocycles. The van der Waals surface area contributed by atoms with E-state index in [0.29, 0.717) is 19.4 Å². The van der Waals surface area contributed by atoms with Gasteiger partial charge in [-0.2, -0.15) is 39.5 Å². The molecule has 0 N–H and O–H groups in total. The Morgan fingerprint density at radius 2 is 1.33 bits per heavy atom. The van der Waals surface area contributed by atoms with Crippen molar-refractivity contribution in [3.05, 3.63) is 89.2 Å². The fraction of sp³-hybridized carbons (Fsp3) is 0.455. The first-order valence-corrected chi connectivity index (χ1v) is 14.2. The lowest BCUT2D eigenvalue weighted by Gasteiger charge is -2.39. The Morgan fingerprint density at radius 1 is 0.761 bits per heavy atom. The summed E-state index contributed by atoms with van der Waals surface area (Å²) in [5.74, 6) is -19.6. The van der Waals surface area contributed by atoms with Crippen molar-refractivity contribution >= 4 is 5.97 Å². The third kappa shape index (κ3) is 7.60. The van der Waals surface area contributed by atoms with Crippen LogP contribution in [0, 0.1) is 19.3 Å². The molecule has 13 heteroatoms. The summed E-state index contributed by atoms with van der Waals surface area (Å²) in [7, 11) is 0. The number of aromatic nitrogens is 1. The number of alkyl halides is 9. The lowest BCUT2D eigenvalue weighted by molar-refractivity contribution is -0.397. The quantitative estimate of drug-likeness (QED) is 0.0791. The Hall–Kier alpha value is -3.77. The number of esters is 1. The fourth-order valence-electron chi connectivity index (χ4n) is 4.85. The Morgan fingerprint density at radius 3 is 1.89 bits per heavy atom. The van der Waals surface area contributed by atoms with Gasteiger partial charge in [0.15, 0.2) is 0 Å². The first kappa shape index (κ1) is 36.7. The number of hydrogen-bond acceptors (Lipinski definition) is 4. The van der Waals surface area contributed by atoms with E-state index >= 15 is 0 Å². The third-order valence-corrected chi connectivity index (χ3v) is 7.90. The van der Waals surface area contributed by atoms with Gasteiger partial charge >= 0.3 is 29.9 Å². The predicted octanol–water partition coefficient (Wildman–Crippen LogP) is 9.65. The molecule has 0 bridgehead atoms. The summed E-state index contributed by atoms with van der Waals surface area (Å²) in [5.41, 5.74) is -1.45. The molecule has 0 saturated heterocycles. The normalized spacial score (nSPS) is 14.5. The van der Waals surface area contributed by atoms with Crippen molar-refractivity contribution in [3.8, 4) is 11.5 Å². The molecule has 0 fully saturated rings. The number of carbonyl (C=O) groups is 1. The van der Waals surface area contributed by atoms with Crippen LogP contribution in [0.15, 0.2) is 67.0 Å². The van der Waals surface area contributed by atoms with Crippen LogP contribution >= 0.6 is 0 Å². The molecular formula is C33H34F9NO3. The van der Waals surface area contributed by atoms with Crippen LogP contribution in [-0.2, 0) is 10.2 Å².